The smallest absolute Gasteiger partial charge is 0.0637 e. The summed E-state index contributed by atoms with van der Waals surface area (Å²) in [4.78, 5) is 2.27. The maximum atomic E-state index is 6.03. The van der Waals surface area contributed by atoms with Crippen molar-refractivity contribution in [2.75, 3.05) is 37.4 Å². The largest absolute Gasteiger partial charge is 0.397 e. The summed E-state index contributed by atoms with van der Waals surface area (Å²) in [5.41, 5.74) is 7.92. The molecule has 0 saturated carbocycles. The molecule has 0 aliphatic rings. The zero-order valence-corrected chi connectivity index (χ0v) is 12.3. The van der Waals surface area contributed by atoms with Gasteiger partial charge in [-0.3, -0.25) is 0 Å². The van der Waals surface area contributed by atoms with Crippen molar-refractivity contribution in [3.63, 3.8) is 0 Å². The maximum absolute atomic E-state index is 6.03. The number of nitrogens with two attached hydrogens (primary N) is 1. The van der Waals surface area contributed by atoms with Crippen LogP contribution in [0.25, 0.3) is 0 Å². The highest BCUT2D eigenvalue weighted by molar-refractivity contribution is 9.10. The Morgan fingerprint density at radius 2 is 2.12 bits per heavy atom. The second-order valence-corrected chi connectivity index (χ2v) is 5.45. The normalized spacial score (nSPS) is 10.9. The Labute approximate surface area is 112 Å². The summed E-state index contributed by atoms with van der Waals surface area (Å²) < 4.78 is 6.20. The van der Waals surface area contributed by atoms with E-state index in [-0.39, 0.29) is 0 Å². The molecule has 0 saturated heterocycles. The number of hydrogen-bond acceptors (Lipinski definition) is 3. The van der Waals surface area contributed by atoms with Gasteiger partial charge < -0.3 is 15.4 Å². The third-order valence-electron chi connectivity index (χ3n) is 2.48. The number of halogens is 1. The standard InChI is InChI=1S/C13H21BrN2O/c1-10(2)9-16(6-7-17-3)13-8-11(14)4-5-12(13)15/h4-5,8,10H,6-7,9,15H2,1-3H3. The van der Waals surface area contributed by atoms with Gasteiger partial charge in [0.25, 0.3) is 0 Å². The molecule has 1 aromatic carbocycles. The second kappa shape index (κ2) is 6.87. The SMILES string of the molecule is COCCN(CC(C)C)c1cc(Br)ccc1N. The average molecular weight is 301 g/mol. The fraction of sp³-hybridized carbons (Fsp3) is 0.538. The van der Waals surface area contributed by atoms with E-state index in [2.05, 4.69) is 40.7 Å². The van der Waals surface area contributed by atoms with Crippen LogP contribution in [-0.2, 0) is 4.74 Å². The van der Waals surface area contributed by atoms with Gasteiger partial charge in [-0.15, -0.1) is 0 Å². The van der Waals surface area contributed by atoms with Gasteiger partial charge in [-0.05, 0) is 24.1 Å². The quantitative estimate of drug-likeness (QED) is 0.820. The number of nitrogens with zero attached hydrogens (tertiary/aromatic N) is 1. The summed E-state index contributed by atoms with van der Waals surface area (Å²) in [6.45, 7) is 6.94. The Morgan fingerprint density at radius 3 is 2.71 bits per heavy atom. The summed E-state index contributed by atoms with van der Waals surface area (Å²) >= 11 is 3.49. The molecule has 17 heavy (non-hydrogen) atoms. The predicted octanol–water partition coefficient (Wildman–Crippen LogP) is 3.14. The molecule has 0 radical (unpaired) electrons. The average Bonchev–Trinajstić information content (AvgIpc) is 2.27. The van der Waals surface area contributed by atoms with Gasteiger partial charge in [0, 0.05) is 24.7 Å². The van der Waals surface area contributed by atoms with Crippen molar-refractivity contribution in [1.29, 1.82) is 0 Å². The molecule has 0 bridgehead atoms. The number of benzene rings is 1. The van der Waals surface area contributed by atoms with Crippen molar-refractivity contribution in [1.82, 2.24) is 0 Å². The zero-order valence-electron chi connectivity index (χ0n) is 10.7. The van der Waals surface area contributed by atoms with Crippen LogP contribution in [0.3, 0.4) is 0 Å². The number of anilines is 2. The second-order valence-electron chi connectivity index (χ2n) is 4.54. The fourth-order valence-electron chi connectivity index (χ4n) is 1.74. The highest BCUT2D eigenvalue weighted by Gasteiger charge is 2.11. The first kappa shape index (κ1) is 14.3. The molecule has 1 rings (SSSR count). The molecule has 2 N–H and O–H groups in total. The minimum absolute atomic E-state index is 0.588. The summed E-state index contributed by atoms with van der Waals surface area (Å²) in [6, 6.07) is 5.95. The topological polar surface area (TPSA) is 38.5 Å². The highest BCUT2D eigenvalue weighted by atomic mass is 79.9. The van der Waals surface area contributed by atoms with Crippen LogP contribution in [0.15, 0.2) is 22.7 Å². The van der Waals surface area contributed by atoms with Crippen molar-refractivity contribution < 1.29 is 4.74 Å². The minimum atomic E-state index is 0.588. The fourth-order valence-corrected chi connectivity index (χ4v) is 2.09. The lowest BCUT2D eigenvalue weighted by Crippen LogP contribution is -2.31. The van der Waals surface area contributed by atoms with Crippen LogP contribution in [0, 0.1) is 5.92 Å². The first-order valence-electron chi connectivity index (χ1n) is 5.83. The van der Waals surface area contributed by atoms with Crippen molar-refractivity contribution in [3.8, 4) is 0 Å². The van der Waals surface area contributed by atoms with E-state index in [1.807, 2.05) is 12.1 Å². The molecule has 0 aromatic heterocycles. The molecular formula is C13H21BrN2O. The van der Waals surface area contributed by atoms with E-state index in [1.165, 1.54) is 0 Å². The van der Waals surface area contributed by atoms with Crippen LogP contribution < -0.4 is 10.6 Å². The molecule has 96 valence electrons. The summed E-state index contributed by atoms with van der Waals surface area (Å²) in [7, 11) is 1.72. The van der Waals surface area contributed by atoms with Crippen LogP contribution in [0.5, 0.6) is 0 Å². The van der Waals surface area contributed by atoms with E-state index in [0.717, 1.165) is 28.9 Å². The van der Waals surface area contributed by atoms with Crippen LogP contribution in [-0.4, -0.2) is 26.8 Å². The van der Waals surface area contributed by atoms with Crippen molar-refractivity contribution in [2.45, 2.75) is 13.8 Å². The van der Waals surface area contributed by atoms with E-state index in [4.69, 9.17) is 10.5 Å². The van der Waals surface area contributed by atoms with Gasteiger partial charge in [-0.25, -0.2) is 0 Å². The Balaban J connectivity index is 2.90. The first-order chi connectivity index (χ1) is 8.04. The van der Waals surface area contributed by atoms with Crippen molar-refractivity contribution in [3.05, 3.63) is 22.7 Å². The van der Waals surface area contributed by atoms with E-state index in [1.54, 1.807) is 7.11 Å². The molecule has 0 amide bonds. The predicted molar refractivity (Wildman–Crippen MR) is 77.5 cm³/mol. The molecule has 0 spiro atoms. The van der Waals surface area contributed by atoms with Gasteiger partial charge in [0.2, 0.25) is 0 Å². The monoisotopic (exact) mass is 300 g/mol. The molecule has 4 heteroatoms. The number of methoxy groups -OCH3 is 1. The Hall–Kier alpha value is -0.740. The van der Waals surface area contributed by atoms with Crippen molar-refractivity contribution >= 4 is 27.3 Å². The van der Waals surface area contributed by atoms with Gasteiger partial charge in [0.1, 0.15) is 0 Å². The Kier molecular flexibility index (Phi) is 5.78. The Bertz CT molecular complexity index is 355. The minimum Gasteiger partial charge on any atom is -0.397 e. The number of rotatable bonds is 6. The molecule has 0 unspecified atom stereocenters. The zero-order chi connectivity index (χ0) is 12.8. The lowest BCUT2D eigenvalue weighted by Gasteiger charge is -2.27. The lowest BCUT2D eigenvalue weighted by molar-refractivity contribution is 0.204. The van der Waals surface area contributed by atoms with Gasteiger partial charge in [-0.2, -0.15) is 0 Å². The van der Waals surface area contributed by atoms with Crippen LogP contribution in [0.1, 0.15) is 13.8 Å². The maximum Gasteiger partial charge on any atom is 0.0637 e. The number of nitrogen functional groups attached to an aromatic ring is 1. The van der Waals surface area contributed by atoms with Crippen LogP contribution in [0.4, 0.5) is 11.4 Å². The third kappa shape index (κ3) is 4.56. The summed E-state index contributed by atoms with van der Waals surface area (Å²) in [6.07, 6.45) is 0. The van der Waals surface area contributed by atoms with Gasteiger partial charge in [-0.1, -0.05) is 29.8 Å². The number of hydrogen-bond donors (Lipinski definition) is 1. The van der Waals surface area contributed by atoms with E-state index >= 15 is 0 Å². The highest BCUT2D eigenvalue weighted by Crippen LogP contribution is 2.27. The van der Waals surface area contributed by atoms with Crippen molar-refractivity contribution in [2.24, 2.45) is 5.92 Å². The molecule has 0 heterocycles. The van der Waals surface area contributed by atoms with E-state index < -0.39 is 0 Å². The van der Waals surface area contributed by atoms with Crippen LogP contribution >= 0.6 is 15.9 Å². The van der Waals surface area contributed by atoms with E-state index in [9.17, 15) is 0 Å². The molecule has 0 atom stereocenters. The molecular weight excluding hydrogens is 280 g/mol. The summed E-state index contributed by atoms with van der Waals surface area (Å²) in [5.74, 6) is 0.588. The van der Waals surface area contributed by atoms with Crippen LogP contribution in [0.2, 0.25) is 0 Å². The third-order valence-corrected chi connectivity index (χ3v) is 2.98. The van der Waals surface area contributed by atoms with Gasteiger partial charge >= 0.3 is 0 Å². The summed E-state index contributed by atoms with van der Waals surface area (Å²) in [5, 5.41) is 0. The molecule has 3 nitrogen and oxygen atoms in total. The Morgan fingerprint density at radius 1 is 1.41 bits per heavy atom. The number of ether oxygens (including phenoxy) is 1. The van der Waals surface area contributed by atoms with Gasteiger partial charge in [0.05, 0.1) is 18.0 Å². The first-order valence-corrected chi connectivity index (χ1v) is 6.62. The molecule has 0 aliphatic heterocycles. The lowest BCUT2D eigenvalue weighted by atomic mass is 10.1. The van der Waals surface area contributed by atoms with E-state index in [0.29, 0.717) is 12.5 Å². The molecule has 1 aromatic rings. The van der Waals surface area contributed by atoms with Gasteiger partial charge in [0.15, 0.2) is 0 Å². The molecule has 0 aliphatic carbocycles. The molecule has 0 fully saturated rings.